The van der Waals surface area contributed by atoms with Crippen molar-refractivity contribution in [1.29, 1.82) is 0 Å². The van der Waals surface area contributed by atoms with E-state index in [0.717, 1.165) is 6.42 Å². The van der Waals surface area contributed by atoms with Crippen molar-refractivity contribution in [2.24, 2.45) is 0 Å². The Balaban J connectivity index is 1.88. The third-order valence-electron chi connectivity index (χ3n) is 5.65. The van der Waals surface area contributed by atoms with Gasteiger partial charge in [-0.1, -0.05) is 84.4 Å². The van der Waals surface area contributed by atoms with Gasteiger partial charge >= 0.3 is 0 Å². The molecule has 4 aromatic rings. The Morgan fingerprint density at radius 3 is 1.73 bits per heavy atom. The molecule has 1 nitrogen and oxygen atoms in total. The molecule has 0 aliphatic heterocycles. The van der Waals surface area contributed by atoms with Gasteiger partial charge in [0.1, 0.15) is 0 Å². The highest BCUT2D eigenvalue weighted by Crippen LogP contribution is 2.51. The van der Waals surface area contributed by atoms with Gasteiger partial charge in [-0.2, -0.15) is 0 Å². The Morgan fingerprint density at radius 2 is 1.23 bits per heavy atom. The number of benzene rings is 3. The summed E-state index contributed by atoms with van der Waals surface area (Å²) < 4.78 is 0. The van der Waals surface area contributed by atoms with Crippen LogP contribution in [0.2, 0.25) is 0 Å². The normalized spacial score (nSPS) is 12.1. The maximum absolute atomic E-state index is 4.84. The van der Waals surface area contributed by atoms with E-state index in [1.54, 1.807) is 0 Å². The summed E-state index contributed by atoms with van der Waals surface area (Å²) in [5.74, 6) is 0. The lowest BCUT2D eigenvalue weighted by Gasteiger charge is -2.29. The third kappa shape index (κ3) is 4.53. The first-order chi connectivity index (χ1) is 14.6. The predicted molar refractivity (Wildman–Crippen MR) is 130 cm³/mol. The van der Waals surface area contributed by atoms with Crippen molar-refractivity contribution in [3.63, 3.8) is 0 Å². The number of rotatable bonds is 6. The molecule has 0 saturated carbocycles. The molecule has 3 aromatic carbocycles. The van der Waals surface area contributed by atoms with Gasteiger partial charge in [0.2, 0.25) is 0 Å². The molecule has 4 rings (SSSR count). The smallest absolute Gasteiger partial charge is 0.0486 e. The fourth-order valence-corrected chi connectivity index (χ4v) is 7.10. The molecule has 0 aliphatic carbocycles. The number of pyridine rings is 1. The number of hydrogen-bond acceptors (Lipinski definition) is 1. The van der Waals surface area contributed by atoms with E-state index in [-0.39, 0.29) is 0 Å². The van der Waals surface area contributed by atoms with E-state index in [9.17, 15) is 0 Å². The molecule has 0 N–H and O–H groups in total. The monoisotopic (exact) mass is 409 g/mol. The van der Waals surface area contributed by atoms with Crippen LogP contribution >= 0.6 is 7.92 Å². The third-order valence-corrected chi connectivity index (χ3v) is 8.43. The van der Waals surface area contributed by atoms with Gasteiger partial charge in [0, 0.05) is 17.5 Å². The van der Waals surface area contributed by atoms with Crippen LogP contribution in [0.25, 0.3) is 0 Å². The Bertz CT molecular complexity index is 1030. The van der Waals surface area contributed by atoms with Crippen LogP contribution in [0.4, 0.5) is 0 Å². The van der Waals surface area contributed by atoms with E-state index in [1.165, 1.54) is 38.6 Å². The van der Waals surface area contributed by atoms with Crippen molar-refractivity contribution in [3.8, 4) is 0 Å². The highest BCUT2D eigenvalue weighted by molar-refractivity contribution is 7.73. The molecule has 1 unspecified atom stereocenters. The summed E-state index contributed by atoms with van der Waals surface area (Å²) in [6, 6.07) is 32.9. The Morgan fingerprint density at radius 1 is 0.700 bits per heavy atom. The minimum absolute atomic E-state index is 0.311. The second kappa shape index (κ2) is 9.37. The van der Waals surface area contributed by atoms with E-state index in [4.69, 9.17) is 4.98 Å². The molecule has 0 aliphatic rings. The van der Waals surface area contributed by atoms with Crippen LogP contribution in [0.5, 0.6) is 0 Å². The maximum atomic E-state index is 4.84. The fourth-order valence-electron chi connectivity index (χ4n) is 4.31. The summed E-state index contributed by atoms with van der Waals surface area (Å²) in [6.07, 6.45) is 2.92. The zero-order valence-corrected chi connectivity index (χ0v) is 18.8. The van der Waals surface area contributed by atoms with Gasteiger partial charge in [0.25, 0.3) is 0 Å². The largest absolute Gasteiger partial charge is 0.261 e. The Hall–Kier alpha value is -2.76. The molecule has 0 amide bonds. The first-order valence-corrected chi connectivity index (χ1v) is 11.9. The van der Waals surface area contributed by atoms with Crippen molar-refractivity contribution >= 4 is 18.5 Å². The van der Waals surface area contributed by atoms with Gasteiger partial charge in [-0.05, 0) is 74.5 Å². The zero-order valence-electron chi connectivity index (χ0n) is 17.9. The molecule has 0 fully saturated rings. The van der Waals surface area contributed by atoms with Crippen LogP contribution in [0.1, 0.15) is 33.6 Å². The molecule has 0 bridgehead atoms. The second-order valence-corrected chi connectivity index (χ2v) is 10.3. The second-order valence-electron chi connectivity index (χ2n) is 7.89. The molecule has 1 atom stereocenters. The van der Waals surface area contributed by atoms with Crippen molar-refractivity contribution in [2.75, 3.05) is 0 Å². The van der Waals surface area contributed by atoms with Gasteiger partial charge in [-0.3, -0.25) is 4.98 Å². The van der Waals surface area contributed by atoms with Crippen molar-refractivity contribution < 1.29 is 0 Å². The van der Waals surface area contributed by atoms with E-state index in [1.807, 2.05) is 12.3 Å². The number of nitrogens with zero attached hydrogens (tertiary/aromatic N) is 1. The highest BCUT2D eigenvalue weighted by Gasteiger charge is 2.28. The lowest BCUT2D eigenvalue weighted by Crippen LogP contribution is -2.20. The Kier molecular flexibility index (Phi) is 6.41. The molecular formula is C28H28NP. The number of hydrogen-bond donors (Lipinski definition) is 0. The molecule has 0 saturated heterocycles. The summed E-state index contributed by atoms with van der Waals surface area (Å²) in [4.78, 5) is 4.84. The van der Waals surface area contributed by atoms with Gasteiger partial charge in [0.15, 0.2) is 0 Å². The minimum Gasteiger partial charge on any atom is -0.261 e. The van der Waals surface area contributed by atoms with E-state index in [2.05, 4.69) is 106 Å². The molecule has 0 radical (unpaired) electrons. The quantitative estimate of drug-likeness (QED) is 0.335. The van der Waals surface area contributed by atoms with Crippen LogP contribution in [0, 0.1) is 20.8 Å². The maximum Gasteiger partial charge on any atom is 0.0486 e. The Labute approximate surface area is 181 Å². The average molecular weight is 410 g/mol. The van der Waals surface area contributed by atoms with Crippen molar-refractivity contribution in [3.05, 3.63) is 125 Å². The topological polar surface area (TPSA) is 12.9 Å². The molecule has 150 valence electrons. The van der Waals surface area contributed by atoms with E-state index >= 15 is 0 Å². The summed E-state index contributed by atoms with van der Waals surface area (Å²) in [6.45, 7) is 6.68. The molecule has 30 heavy (non-hydrogen) atoms. The molecule has 0 spiro atoms. The van der Waals surface area contributed by atoms with Crippen molar-refractivity contribution in [2.45, 2.75) is 32.9 Å². The number of aryl methyl sites for hydroxylation is 3. The fraction of sp³-hybridized carbons (Fsp3) is 0.179. The SMILES string of the molecule is Cc1cc(C)c(CC(c2ccccn2)P(c2ccccc2)c2ccccc2)c(C)c1. The lowest BCUT2D eigenvalue weighted by atomic mass is 9.95. The summed E-state index contributed by atoms with van der Waals surface area (Å²) in [5, 5.41) is 2.80. The summed E-state index contributed by atoms with van der Waals surface area (Å²) in [5.41, 5.74) is 7.03. The van der Waals surface area contributed by atoms with Crippen LogP contribution < -0.4 is 10.6 Å². The van der Waals surface area contributed by atoms with Crippen LogP contribution in [-0.4, -0.2) is 4.98 Å². The van der Waals surface area contributed by atoms with Gasteiger partial charge in [-0.15, -0.1) is 0 Å². The predicted octanol–water partition coefficient (Wildman–Crippen LogP) is 6.42. The molecular weight excluding hydrogens is 381 g/mol. The lowest BCUT2D eigenvalue weighted by molar-refractivity contribution is 0.867. The van der Waals surface area contributed by atoms with Gasteiger partial charge in [0.05, 0.1) is 0 Å². The van der Waals surface area contributed by atoms with Crippen molar-refractivity contribution in [1.82, 2.24) is 4.98 Å². The van der Waals surface area contributed by atoms with Gasteiger partial charge < -0.3 is 0 Å². The highest BCUT2D eigenvalue weighted by atomic mass is 31.1. The van der Waals surface area contributed by atoms with E-state index in [0.29, 0.717) is 5.66 Å². The minimum atomic E-state index is -0.609. The first-order valence-electron chi connectivity index (χ1n) is 10.5. The van der Waals surface area contributed by atoms with Crippen LogP contribution in [0.15, 0.2) is 97.2 Å². The van der Waals surface area contributed by atoms with Gasteiger partial charge in [-0.25, -0.2) is 0 Å². The average Bonchev–Trinajstić information content (AvgIpc) is 2.77. The van der Waals surface area contributed by atoms with E-state index < -0.39 is 7.92 Å². The number of aromatic nitrogens is 1. The van der Waals surface area contributed by atoms with Crippen LogP contribution in [-0.2, 0) is 6.42 Å². The summed E-state index contributed by atoms with van der Waals surface area (Å²) >= 11 is 0. The summed E-state index contributed by atoms with van der Waals surface area (Å²) in [7, 11) is -0.609. The molecule has 2 heteroatoms. The zero-order chi connectivity index (χ0) is 20.9. The molecule has 1 heterocycles. The standard InChI is InChI=1S/C28H28NP/c1-21-18-22(2)26(23(3)19-21)20-28(27-16-10-11-17-29-27)30(24-12-6-4-7-13-24)25-14-8-5-9-15-25/h4-19,28H,20H2,1-3H3. The van der Waals surface area contributed by atoms with Crippen LogP contribution in [0.3, 0.4) is 0 Å². The molecule has 1 aromatic heterocycles. The first kappa shape index (κ1) is 20.5.